The number of fused-ring (bicyclic) bond motifs is 1. The van der Waals surface area contributed by atoms with Gasteiger partial charge in [-0.2, -0.15) is 4.98 Å². The monoisotopic (exact) mass is 466 g/mol. The van der Waals surface area contributed by atoms with Crippen LogP contribution in [0.25, 0.3) is 17.0 Å². The van der Waals surface area contributed by atoms with Crippen molar-refractivity contribution in [2.45, 2.75) is 32.2 Å². The summed E-state index contributed by atoms with van der Waals surface area (Å²) in [6.07, 6.45) is 2.66. The van der Waals surface area contributed by atoms with Crippen LogP contribution in [0.4, 0.5) is 14.5 Å². The Balaban J connectivity index is 1.41. The minimum Gasteiger partial charge on any atom is -0.337 e. The number of aromatic nitrogens is 4. The van der Waals surface area contributed by atoms with Crippen molar-refractivity contribution in [2.24, 2.45) is 0 Å². The number of halogens is 2. The summed E-state index contributed by atoms with van der Waals surface area (Å²) in [5.74, 6) is -3.75. The van der Waals surface area contributed by atoms with Crippen molar-refractivity contribution in [3.63, 3.8) is 0 Å². The van der Waals surface area contributed by atoms with E-state index >= 15 is 0 Å². The number of imidazole rings is 1. The average molecular weight is 466 g/mol. The number of alkyl halides is 2. The molecule has 1 atom stereocenters. The standard InChI is InChI=1S/C23H20F2N6O3/c1-13-6-7-15(9-16(13)27-21(33)18-11-26-19-5-3-4-8-30(18)19)20-28-22(34-29-20)17-10-23(24,25)12-31(17)14(2)32/h3-9,11,17H,10,12H2,1-2H3,(H,27,33). The first-order valence-electron chi connectivity index (χ1n) is 10.5. The van der Waals surface area contributed by atoms with E-state index in [0.29, 0.717) is 22.6 Å². The second kappa shape index (κ2) is 8.01. The number of carbonyl (C=O) groups is 2. The van der Waals surface area contributed by atoms with Gasteiger partial charge in [-0.25, -0.2) is 13.8 Å². The molecule has 1 aliphatic rings. The van der Waals surface area contributed by atoms with Crippen LogP contribution in [-0.2, 0) is 4.79 Å². The zero-order chi connectivity index (χ0) is 24.0. The highest BCUT2D eigenvalue weighted by molar-refractivity contribution is 6.04. The molecule has 1 aliphatic heterocycles. The summed E-state index contributed by atoms with van der Waals surface area (Å²) in [5.41, 5.74) is 2.86. The normalized spacial score (nSPS) is 17.3. The van der Waals surface area contributed by atoms with Crippen molar-refractivity contribution >= 4 is 23.1 Å². The Bertz CT molecular complexity index is 1410. The lowest BCUT2D eigenvalue weighted by Crippen LogP contribution is -2.31. The number of likely N-dealkylation sites (tertiary alicyclic amines) is 1. The van der Waals surface area contributed by atoms with E-state index in [1.165, 1.54) is 13.1 Å². The third-order valence-corrected chi connectivity index (χ3v) is 5.79. The smallest absolute Gasteiger partial charge is 0.274 e. The summed E-state index contributed by atoms with van der Waals surface area (Å²) in [5, 5.41) is 6.79. The summed E-state index contributed by atoms with van der Waals surface area (Å²) in [6, 6.07) is 9.63. The van der Waals surface area contributed by atoms with Gasteiger partial charge in [-0.3, -0.25) is 14.0 Å². The Hall–Kier alpha value is -4.15. The molecule has 174 valence electrons. The maximum atomic E-state index is 13.9. The van der Waals surface area contributed by atoms with Crippen LogP contribution in [0, 0.1) is 6.92 Å². The zero-order valence-corrected chi connectivity index (χ0v) is 18.3. The summed E-state index contributed by atoms with van der Waals surface area (Å²) < 4.78 is 34.8. The van der Waals surface area contributed by atoms with E-state index in [-0.39, 0.29) is 17.6 Å². The molecular formula is C23H20F2N6O3. The van der Waals surface area contributed by atoms with Gasteiger partial charge >= 0.3 is 0 Å². The quantitative estimate of drug-likeness (QED) is 0.490. The van der Waals surface area contributed by atoms with Crippen LogP contribution in [0.15, 0.2) is 53.3 Å². The minimum atomic E-state index is -3.02. The number of amides is 2. The number of hydrogen-bond acceptors (Lipinski definition) is 6. The van der Waals surface area contributed by atoms with E-state index < -0.39 is 30.8 Å². The maximum absolute atomic E-state index is 13.9. The van der Waals surface area contributed by atoms with Crippen LogP contribution in [-0.4, -0.2) is 48.7 Å². The van der Waals surface area contributed by atoms with Gasteiger partial charge in [0.2, 0.25) is 17.6 Å². The largest absolute Gasteiger partial charge is 0.337 e. The molecule has 1 fully saturated rings. The highest BCUT2D eigenvalue weighted by Gasteiger charge is 2.49. The molecule has 0 spiro atoms. The van der Waals surface area contributed by atoms with Gasteiger partial charge < -0.3 is 14.7 Å². The predicted molar refractivity (Wildman–Crippen MR) is 117 cm³/mol. The van der Waals surface area contributed by atoms with Crippen molar-refractivity contribution < 1.29 is 22.9 Å². The number of carbonyl (C=O) groups excluding carboxylic acids is 2. The Morgan fingerprint density at radius 2 is 2.06 bits per heavy atom. The lowest BCUT2D eigenvalue weighted by molar-refractivity contribution is -0.131. The molecule has 1 saturated heterocycles. The van der Waals surface area contributed by atoms with E-state index in [2.05, 4.69) is 20.4 Å². The van der Waals surface area contributed by atoms with E-state index in [9.17, 15) is 18.4 Å². The van der Waals surface area contributed by atoms with Gasteiger partial charge in [-0.1, -0.05) is 23.4 Å². The molecule has 4 aromatic rings. The second-order valence-corrected chi connectivity index (χ2v) is 8.24. The Morgan fingerprint density at radius 1 is 1.24 bits per heavy atom. The molecule has 0 saturated carbocycles. The maximum Gasteiger partial charge on any atom is 0.274 e. The van der Waals surface area contributed by atoms with Gasteiger partial charge in [0.25, 0.3) is 11.8 Å². The highest BCUT2D eigenvalue weighted by Crippen LogP contribution is 2.41. The van der Waals surface area contributed by atoms with E-state index in [0.717, 1.165) is 10.5 Å². The first-order chi connectivity index (χ1) is 16.2. The number of benzene rings is 1. The fourth-order valence-electron chi connectivity index (χ4n) is 4.04. The number of rotatable bonds is 4. The molecule has 4 heterocycles. The van der Waals surface area contributed by atoms with Crippen LogP contribution in [0.5, 0.6) is 0 Å². The SMILES string of the molecule is CC(=O)N1CC(F)(F)CC1c1nc(-c2ccc(C)c(NC(=O)c3cnc4ccccn34)c2)no1. The Kier molecular flexibility index (Phi) is 5.11. The van der Waals surface area contributed by atoms with Gasteiger partial charge in [0.05, 0.1) is 12.7 Å². The van der Waals surface area contributed by atoms with Crippen molar-refractivity contribution in [3.05, 3.63) is 65.9 Å². The third kappa shape index (κ3) is 3.89. The van der Waals surface area contributed by atoms with Gasteiger partial charge in [0.1, 0.15) is 17.4 Å². The lowest BCUT2D eigenvalue weighted by Gasteiger charge is -2.18. The first-order valence-corrected chi connectivity index (χ1v) is 10.5. The number of aryl methyl sites for hydroxylation is 1. The molecule has 0 aliphatic carbocycles. The van der Waals surface area contributed by atoms with Gasteiger partial charge in [0, 0.05) is 30.8 Å². The van der Waals surface area contributed by atoms with Gasteiger partial charge in [-0.05, 0) is 30.7 Å². The number of pyridine rings is 1. The predicted octanol–water partition coefficient (Wildman–Crippen LogP) is 3.87. The molecule has 1 N–H and O–H groups in total. The summed E-state index contributed by atoms with van der Waals surface area (Å²) in [7, 11) is 0. The highest BCUT2D eigenvalue weighted by atomic mass is 19.3. The number of nitrogens with one attached hydrogen (secondary N) is 1. The summed E-state index contributed by atoms with van der Waals surface area (Å²) >= 11 is 0. The molecule has 0 radical (unpaired) electrons. The molecule has 11 heteroatoms. The molecule has 5 rings (SSSR count). The van der Waals surface area contributed by atoms with Crippen LogP contribution in [0.1, 0.15) is 41.3 Å². The van der Waals surface area contributed by atoms with Crippen molar-refractivity contribution in [2.75, 3.05) is 11.9 Å². The van der Waals surface area contributed by atoms with E-state index in [4.69, 9.17) is 4.52 Å². The molecule has 9 nitrogen and oxygen atoms in total. The molecule has 1 aromatic carbocycles. The van der Waals surface area contributed by atoms with Crippen molar-refractivity contribution in [1.82, 2.24) is 24.4 Å². The molecule has 1 unspecified atom stereocenters. The number of nitrogens with zero attached hydrogens (tertiary/aromatic N) is 5. The summed E-state index contributed by atoms with van der Waals surface area (Å²) in [6.45, 7) is 2.37. The van der Waals surface area contributed by atoms with Crippen LogP contribution in [0.2, 0.25) is 0 Å². The van der Waals surface area contributed by atoms with Gasteiger partial charge in [0.15, 0.2) is 0 Å². The topological polar surface area (TPSA) is 106 Å². The van der Waals surface area contributed by atoms with Crippen LogP contribution < -0.4 is 5.32 Å². The lowest BCUT2D eigenvalue weighted by atomic mass is 10.1. The second-order valence-electron chi connectivity index (χ2n) is 8.24. The van der Waals surface area contributed by atoms with Crippen LogP contribution >= 0.6 is 0 Å². The molecule has 2 amide bonds. The molecule has 34 heavy (non-hydrogen) atoms. The van der Waals surface area contributed by atoms with Crippen molar-refractivity contribution in [3.8, 4) is 11.4 Å². The average Bonchev–Trinajstić information content (AvgIpc) is 3.51. The fourth-order valence-corrected chi connectivity index (χ4v) is 4.04. The third-order valence-electron chi connectivity index (χ3n) is 5.79. The zero-order valence-electron chi connectivity index (χ0n) is 18.3. The van der Waals surface area contributed by atoms with E-state index in [1.807, 2.05) is 13.0 Å². The fraction of sp³-hybridized carbons (Fsp3) is 0.261. The Morgan fingerprint density at radius 3 is 2.85 bits per heavy atom. The minimum absolute atomic E-state index is 0.0562. The van der Waals surface area contributed by atoms with Crippen molar-refractivity contribution in [1.29, 1.82) is 0 Å². The van der Waals surface area contributed by atoms with Crippen LogP contribution in [0.3, 0.4) is 0 Å². The van der Waals surface area contributed by atoms with Gasteiger partial charge in [-0.15, -0.1) is 0 Å². The molecule has 3 aromatic heterocycles. The van der Waals surface area contributed by atoms with E-state index in [1.54, 1.807) is 40.9 Å². The first kappa shape index (κ1) is 21.7. The number of anilines is 1. The number of hydrogen-bond donors (Lipinski definition) is 1. The molecular weight excluding hydrogens is 446 g/mol. The Labute approximate surface area is 192 Å². The molecule has 0 bridgehead atoms. The summed E-state index contributed by atoms with van der Waals surface area (Å²) in [4.78, 5) is 34.2.